The highest BCUT2D eigenvalue weighted by Crippen LogP contribution is 2.45. The van der Waals surface area contributed by atoms with Crippen LogP contribution in [-0.2, 0) is 9.53 Å². The molecule has 0 spiro atoms. The molecule has 114 valence electrons. The van der Waals surface area contributed by atoms with Crippen LogP contribution in [0.3, 0.4) is 0 Å². The van der Waals surface area contributed by atoms with Crippen LogP contribution in [0.25, 0.3) is 5.57 Å². The Morgan fingerprint density at radius 1 is 1.29 bits per heavy atom. The molecule has 0 saturated heterocycles. The van der Waals surface area contributed by atoms with Gasteiger partial charge in [0.05, 0.1) is 25.4 Å². The number of para-hydroxylation sites is 1. The molecule has 0 N–H and O–H groups in total. The molecule has 0 aromatic heterocycles. The van der Waals surface area contributed by atoms with Crippen LogP contribution in [0.15, 0.2) is 24.3 Å². The Balaban J connectivity index is 2.67. The fraction of sp³-hybridized carbons (Fsp3) is 0.471. The number of allylic oxidation sites excluding steroid dienone is 1. The van der Waals surface area contributed by atoms with Gasteiger partial charge in [0.2, 0.25) is 0 Å². The smallest absolute Gasteiger partial charge is 0.328 e. The van der Waals surface area contributed by atoms with Gasteiger partial charge in [-0.2, -0.15) is 0 Å². The van der Waals surface area contributed by atoms with Gasteiger partial charge in [-0.15, -0.1) is 0 Å². The van der Waals surface area contributed by atoms with Crippen molar-refractivity contribution in [2.24, 2.45) is 0 Å². The standard InChI is InChI=1S/C17H23NO3/c1-11-10-17(3,4)18(12(2)16(19)21-6)15-13(11)8-7-9-14(15)20-5/h7-10,12H,1-6H3/t12-/m0/s1. The molecule has 2 rings (SSSR count). The van der Waals surface area contributed by atoms with E-state index in [9.17, 15) is 4.79 Å². The number of anilines is 1. The zero-order valence-corrected chi connectivity index (χ0v) is 13.6. The SMILES string of the molecule is COC(=O)[C@H](C)N1c2c(OC)cccc2C(C)=CC1(C)C. The predicted molar refractivity (Wildman–Crippen MR) is 84.7 cm³/mol. The molecule has 0 radical (unpaired) electrons. The topological polar surface area (TPSA) is 38.8 Å². The van der Waals surface area contributed by atoms with Gasteiger partial charge in [0.25, 0.3) is 0 Å². The summed E-state index contributed by atoms with van der Waals surface area (Å²) in [6.07, 6.45) is 2.17. The van der Waals surface area contributed by atoms with Gasteiger partial charge in [0.15, 0.2) is 0 Å². The lowest BCUT2D eigenvalue weighted by atomic mass is 9.87. The van der Waals surface area contributed by atoms with Crippen molar-refractivity contribution in [3.05, 3.63) is 29.8 Å². The van der Waals surface area contributed by atoms with Gasteiger partial charge in [-0.3, -0.25) is 0 Å². The number of hydrogen-bond donors (Lipinski definition) is 0. The molecule has 0 aliphatic carbocycles. The first-order chi connectivity index (χ1) is 9.83. The fourth-order valence-corrected chi connectivity index (χ4v) is 3.19. The second-order valence-electron chi connectivity index (χ2n) is 5.91. The number of esters is 1. The number of rotatable bonds is 3. The van der Waals surface area contributed by atoms with Gasteiger partial charge in [-0.05, 0) is 39.3 Å². The summed E-state index contributed by atoms with van der Waals surface area (Å²) in [4.78, 5) is 14.1. The lowest BCUT2D eigenvalue weighted by Crippen LogP contribution is -2.53. The third kappa shape index (κ3) is 2.50. The molecule has 21 heavy (non-hydrogen) atoms. The number of nitrogens with zero attached hydrogens (tertiary/aromatic N) is 1. The van der Waals surface area contributed by atoms with E-state index in [0.29, 0.717) is 0 Å². The van der Waals surface area contributed by atoms with Crippen LogP contribution in [0.1, 0.15) is 33.3 Å². The van der Waals surface area contributed by atoms with Crippen molar-refractivity contribution < 1.29 is 14.3 Å². The summed E-state index contributed by atoms with van der Waals surface area (Å²) in [6.45, 7) is 8.12. The maximum Gasteiger partial charge on any atom is 0.328 e. The maximum absolute atomic E-state index is 12.1. The highest BCUT2D eigenvalue weighted by Gasteiger charge is 2.39. The Bertz CT molecular complexity index is 590. The highest BCUT2D eigenvalue weighted by atomic mass is 16.5. The molecule has 1 aromatic rings. The number of fused-ring (bicyclic) bond motifs is 1. The van der Waals surface area contributed by atoms with Gasteiger partial charge >= 0.3 is 5.97 Å². The van der Waals surface area contributed by atoms with Crippen LogP contribution < -0.4 is 9.64 Å². The monoisotopic (exact) mass is 289 g/mol. The maximum atomic E-state index is 12.1. The van der Waals surface area contributed by atoms with Crippen LogP contribution >= 0.6 is 0 Å². The van der Waals surface area contributed by atoms with E-state index < -0.39 is 6.04 Å². The molecule has 0 amide bonds. The average molecular weight is 289 g/mol. The molecule has 1 aromatic carbocycles. The van der Waals surface area contributed by atoms with Gasteiger partial charge in [0.1, 0.15) is 11.8 Å². The van der Waals surface area contributed by atoms with Gasteiger partial charge in [-0.1, -0.05) is 18.2 Å². The first-order valence-electron chi connectivity index (χ1n) is 7.07. The molecule has 1 aliphatic rings. The molecular weight excluding hydrogens is 266 g/mol. The molecule has 1 atom stereocenters. The van der Waals surface area contributed by atoms with Gasteiger partial charge < -0.3 is 14.4 Å². The number of carbonyl (C=O) groups is 1. The third-order valence-corrected chi connectivity index (χ3v) is 4.00. The number of carbonyl (C=O) groups excluding carboxylic acids is 1. The molecule has 4 nitrogen and oxygen atoms in total. The van der Waals surface area contributed by atoms with Crippen LogP contribution in [0.5, 0.6) is 5.75 Å². The zero-order valence-electron chi connectivity index (χ0n) is 13.6. The molecule has 0 unspecified atom stereocenters. The normalized spacial score (nSPS) is 17.6. The molecule has 0 saturated carbocycles. The molecular formula is C17H23NO3. The first-order valence-corrected chi connectivity index (χ1v) is 7.07. The molecule has 1 aliphatic heterocycles. The number of methoxy groups -OCH3 is 2. The van der Waals surface area contributed by atoms with Crippen molar-refractivity contribution in [3.63, 3.8) is 0 Å². The van der Waals surface area contributed by atoms with Crippen molar-refractivity contribution in [1.29, 1.82) is 0 Å². The minimum absolute atomic E-state index is 0.257. The summed E-state index contributed by atoms with van der Waals surface area (Å²) >= 11 is 0. The second kappa shape index (κ2) is 5.43. The van der Waals surface area contributed by atoms with Crippen LogP contribution in [0.4, 0.5) is 5.69 Å². The fourth-order valence-electron chi connectivity index (χ4n) is 3.19. The second-order valence-corrected chi connectivity index (χ2v) is 5.91. The number of benzene rings is 1. The largest absolute Gasteiger partial charge is 0.495 e. The number of ether oxygens (including phenoxy) is 2. The summed E-state index contributed by atoms with van der Waals surface area (Å²) in [5.41, 5.74) is 2.91. The lowest BCUT2D eigenvalue weighted by molar-refractivity contribution is -0.142. The van der Waals surface area contributed by atoms with Gasteiger partial charge in [-0.25, -0.2) is 4.79 Å². The summed E-state index contributed by atoms with van der Waals surface area (Å²) in [6, 6.07) is 5.54. The minimum Gasteiger partial charge on any atom is -0.495 e. The van der Waals surface area contributed by atoms with Crippen molar-refractivity contribution in [3.8, 4) is 5.75 Å². The summed E-state index contributed by atoms with van der Waals surface area (Å²) in [7, 11) is 3.07. The molecule has 0 fully saturated rings. The van der Waals surface area contributed by atoms with Crippen LogP contribution in [0.2, 0.25) is 0 Å². The van der Waals surface area contributed by atoms with E-state index in [1.165, 1.54) is 12.7 Å². The van der Waals surface area contributed by atoms with E-state index in [1.54, 1.807) is 7.11 Å². The molecule has 4 heteroatoms. The van der Waals surface area contributed by atoms with E-state index in [1.807, 2.05) is 19.1 Å². The van der Waals surface area contributed by atoms with E-state index in [0.717, 1.165) is 17.0 Å². The average Bonchev–Trinajstić information content (AvgIpc) is 2.44. The Hall–Kier alpha value is -1.97. The van der Waals surface area contributed by atoms with Gasteiger partial charge in [0, 0.05) is 5.56 Å². The minimum atomic E-state index is -0.399. The molecule has 1 heterocycles. The Kier molecular flexibility index (Phi) is 3.99. The quantitative estimate of drug-likeness (QED) is 0.801. The van der Waals surface area contributed by atoms with E-state index in [-0.39, 0.29) is 11.5 Å². The predicted octanol–water partition coefficient (Wildman–Crippen LogP) is 3.26. The number of hydrogen-bond acceptors (Lipinski definition) is 4. The Labute approximate surface area is 126 Å². The molecule has 0 bridgehead atoms. The Morgan fingerprint density at radius 2 is 1.95 bits per heavy atom. The van der Waals surface area contributed by atoms with Crippen molar-refractivity contribution in [1.82, 2.24) is 0 Å². The lowest BCUT2D eigenvalue weighted by Gasteiger charge is -2.46. The van der Waals surface area contributed by atoms with Crippen LogP contribution in [0, 0.1) is 0 Å². The first kappa shape index (κ1) is 15.4. The van der Waals surface area contributed by atoms with E-state index in [2.05, 4.69) is 37.8 Å². The summed E-state index contributed by atoms with van der Waals surface area (Å²) in [5.74, 6) is 0.511. The summed E-state index contributed by atoms with van der Waals surface area (Å²) in [5, 5.41) is 0. The highest BCUT2D eigenvalue weighted by molar-refractivity contribution is 5.89. The summed E-state index contributed by atoms with van der Waals surface area (Å²) < 4.78 is 10.5. The Morgan fingerprint density at radius 3 is 2.52 bits per heavy atom. The van der Waals surface area contributed by atoms with Crippen LogP contribution in [-0.4, -0.2) is 31.8 Å². The van der Waals surface area contributed by atoms with Crippen molar-refractivity contribution >= 4 is 17.2 Å². The zero-order chi connectivity index (χ0) is 15.8. The third-order valence-electron chi connectivity index (χ3n) is 4.00. The van der Waals surface area contributed by atoms with E-state index in [4.69, 9.17) is 9.47 Å². The van der Waals surface area contributed by atoms with Crippen molar-refractivity contribution in [2.45, 2.75) is 39.3 Å². The van der Waals surface area contributed by atoms with E-state index >= 15 is 0 Å². The van der Waals surface area contributed by atoms with Crippen molar-refractivity contribution in [2.75, 3.05) is 19.1 Å².